The zero-order valence-corrected chi connectivity index (χ0v) is 10.3. The van der Waals surface area contributed by atoms with Crippen molar-refractivity contribution >= 4 is 11.6 Å². The Morgan fingerprint density at radius 1 is 1.47 bits per heavy atom. The average Bonchev–Trinajstić information content (AvgIpc) is 2.86. The second-order valence-corrected chi connectivity index (χ2v) is 4.43. The van der Waals surface area contributed by atoms with Gasteiger partial charge in [-0.1, -0.05) is 18.2 Å². The van der Waals surface area contributed by atoms with Crippen LogP contribution in [0.15, 0.2) is 35.3 Å². The predicted molar refractivity (Wildman–Crippen MR) is 72.3 cm³/mol. The van der Waals surface area contributed by atoms with Crippen LogP contribution in [-0.2, 0) is 0 Å². The predicted octanol–water partition coefficient (Wildman–Crippen LogP) is 1.05. The molecule has 17 heavy (non-hydrogen) atoms. The summed E-state index contributed by atoms with van der Waals surface area (Å²) in [4.78, 5) is 6.32. The minimum atomic E-state index is 0.531. The number of para-hydroxylation sites is 1. The second kappa shape index (κ2) is 5.57. The van der Waals surface area contributed by atoms with Crippen LogP contribution in [0.25, 0.3) is 0 Å². The fourth-order valence-corrected chi connectivity index (χ4v) is 2.20. The zero-order valence-electron chi connectivity index (χ0n) is 10.3. The van der Waals surface area contributed by atoms with Crippen molar-refractivity contribution in [1.82, 2.24) is 5.32 Å². The van der Waals surface area contributed by atoms with Crippen molar-refractivity contribution < 1.29 is 0 Å². The van der Waals surface area contributed by atoms with E-state index < -0.39 is 0 Å². The minimum Gasteiger partial charge on any atom is -0.371 e. The van der Waals surface area contributed by atoms with Gasteiger partial charge in [0.25, 0.3) is 0 Å². The molecule has 0 amide bonds. The molecule has 0 aromatic heterocycles. The van der Waals surface area contributed by atoms with Crippen molar-refractivity contribution in [3.8, 4) is 0 Å². The lowest BCUT2D eigenvalue weighted by atomic mass is 10.1. The van der Waals surface area contributed by atoms with E-state index in [9.17, 15) is 0 Å². The van der Waals surface area contributed by atoms with Gasteiger partial charge in [0.1, 0.15) is 0 Å². The molecule has 0 bridgehead atoms. The topological polar surface area (TPSA) is 53.6 Å². The van der Waals surface area contributed by atoms with Crippen LogP contribution in [0.1, 0.15) is 6.42 Å². The van der Waals surface area contributed by atoms with E-state index in [1.165, 1.54) is 12.1 Å². The first-order valence-corrected chi connectivity index (χ1v) is 6.05. The standard InChI is InChI=1S/C13H20N4/c1-15-13(14)16-9-11-7-8-17(10-11)12-5-3-2-4-6-12/h2-6,11H,7-10H2,1H3,(H3,14,15,16). The number of anilines is 1. The monoisotopic (exact) mass is 232 g/mol. The maximum absolute atomic E-state index is 5.62. The lowest BCUT2D eigenvalue weighted by Crippen LogP contribution is -2.36. The number of hydrogen-bond acceptors (Lipinski definition) is 2. The van der Waals surface area contributed by atoms with E-state index in [4.69, 9.17) is 5.73 Å². The Kier molecular flexibility index (Phi) is 3.85. The molecule has 1 unspecified atom stereocenters. The van der Waals surface area contributed by atoms with Crippen molar-refractivity contribution in [2.45, 2.75) is 6.42 Å². The van der Waals surface area contributed by atoms with Gasteiger partial charge in [-0.25, -0.2) is 0 Å². The third-order valence-corrected chi connectivity index (χ3v) is 3.22. The number of guanidine groups is 1. The highest BCUT2D eigenvalue weighted by molar-refractivity contribution is 5.77. The van der Waals surface area contributed by atoms with Gasteiger partial charge in [0, 0.05) is 32.4 Å². The summed E-state index contributed by atoms with van der Waals surface area (Å²) in [7, 11) is 1.70. The van der Waals surface area contributed by atoms with Crippen LogP contribution >= 0.6 is 0 Å². The molecule has 3 N–H and O–H groups in total. The molecular formula is C13H20N4. The van der Waals surface area contributed by atoms with E-state index in [0.29, 0.717) is 11.9 Å². The molecule has 1 atom stereocenters. The summed E-state index contributed by atoms with van der Waals surface area (Å²) >= 11 is 0. The van der Waals surface area contributed by atoms with Crippen molar-refractivity contribution in [1.29, 1.82) is 0 Å². The molecule has 2 rings (SSSR count). The lowest BCUT2D eigenvalue weighted by Gasteiger charge is -2.18. The maximum atomic E-state index is 5.62. The highest BCUT2D eigenvalue weighted by Gasteiger charge is 2.22. The molecule has 0 radical (unpaired) electrons. The first-order chi connectivity index (χ1) is 8.29. The highest BCUT2D eigenvalue weighted by Crippen LogP contribution is 2.22. The van der Waals surface area contributed by atoms with E-state index >= 15 is 0 Å². The van der Waals surface area contributed by atoms with Crippen molar-refractivity contribution in [2.24, 2.45) is 16.6 Å². The molecule has 1 aromatic carbocycles. The number of benzene rings is 1. The van der Waals surface area contributed by atoms with Crippen molar-refractivity contribution in [3.05, 3.63) is 30.3 Å². The van der Waals surface area contributed by atoms with Crippen LogP contribution in [0, 0.1) is 5.92 Å². The van der Waals surface area contributed by atoms with Gasteiger partial charge in [-0.3, -0.25) is 4.99 Å². The Morgan fingerprint density at radius 3 is 2.94 bits per heavy atom. The third kappa shape index (κ3) is 3.12. The van der Waals surface area contributed by atoms with Gasteiger partial charge in [0.15, 0.2) is 5.96 Å². The molecule has 1 heterocycles. The number of nitrogens with one attached hydrogen (secondary N) is 1. The summed E-state index contributed by atoms with van der Waals surface area (Å²) in [5.74, 6) is 1.18. The Hall–Kier alpha value is -1.71. The summed E-state index contributed by atoms with van der Waals surface area (Å²) in [5.41, 5.74) is 6.93. The molecule has 92 valence electrons. The summed E-state index contributed by atoms with van der Waals surface area (Å²) < 4.78 is 0. The molecule has 1 aromatic rings. The van der Waals surface area contributed by atoms with E-state index in [-0.39, 0.29) is 0 Å². The van der Waals surface area contributed by atoms with E-state index in [1.54, 1.807) is 7.05 Å². The van der Waals surface area contributed by atoms with E-state index in [0.717, 1.165) is 19.6 Å². The summed E-state index contributed by atoms with van der Waals surface area (Å²) in [6.07, 6.45) is 1.21. The normalized spacial score (nSPS) is 20.6. The van der Waals surface area contributed by atoms with Gasteiger partial charge in [-0.2, -0.15) is 0 Å². The molecule has 0 spiro atoms. The molecule has 1 saturated heterocycles. The SMILES string of the molecule is CN=C(N)NCC1CCN(c2ccccc2)C1. The van der Waals surface area contributed by atoms with Crippen molar-refractivity contribution in [2.75, 3.05) is 31.6 Å². The van der Waals surface area contributed by atoms with Gasteiger partial charge >= 0.3 is 0 Å². The van der Waals surface area contributed by atoms with Crippen LogP contribution in [-0.4, -0.2) is 32.6 Å². The van der Waals surface area contributed by atoms with Gasteiger partial charge < -0.3 is 16.0 Å². The number of hydrogen-bond donors (Lipinski definition) is 2. The highest BCUT2D eigenvalue weighted by atomic mass is 15.2. The Morgan fingerprint density at radius 2 is 2.24 bits per heavy atom. The molecular weight excluding hydrogens is 212 g/mol. The zero-order chi connectivity index (χ0) is 12.1. The first-order valence-electron chi connectivity index (χ1n) is 6.05. The fraction of sp³-hybridized carbons (Fsp3) is 0.462. The van der Waals surface area contributed by atoms with Crippen LogP contribution in [0.2, 0.25) is 0 Å². The van der Waals surface area contributed by atoms with E-state index in [2.05, 4.69) is 45.5 Å². The Balaban J connectivity index is 1.84. The first kappa shape index (κ1) is 11.8. The molecule has 1 aliphatic rings. The largest absolute Gasteiger partial charge is 0.371 e. The van der Waals surface area contributed by atoms with E-state index in [1.807, 2.05) is 0 Å². The Bertz CT molecular complexity index is 374. The molecule has 4 nitrogen and oxygen atoms in total. The second-order valence-electron chi connectivity index (χ2n) is 4.43. The van der Waals surface area contributed by atoms with Crippen LogP contribution in [0.5, 0.6) is 0 Å². The smallest absolute Gasteiger partial charge is 0.188 e. The number of aliphatic imine (C=N–C) groups is 1. The minimum absolute atomic E-state index is 0.531. The van der Waals surface area contributed by atoms with Crippen molar-refractivity contribution in [3.63, 3.8) is 0 Å². The summed E-state index contributed by atoms with van der Waals surface area (Å²) in [5, 5.41) is 3.15. The fourth-order valence-electron chi connectivity index (χ4n) is 2.20. The average molecular weight is 232 g/mol. The van der Waals surface area contributed by atoms with Gasteiger partial charge in [-0.05, 0) is 24.5 Å². The quantitative estimate of drug-likeness (QED) is 0.605. The summed E-state index contributed by atoms with van der Waals surface area (Å²) in [6, 6.07) is 10.6. The molecule has 0 saturated carbocycles. The molecule has 1 aliphatic heterocycles. The van der Waals surface area contributed by atoms with Crippen LogP contribution in [0.3, 0.4) is 0 Å². The van der Waals surface area contributed by atoms with Gasteiger partial charge in [0.2, 0.25) is 0 Å². The lowest BCUT2D eigenvalue weighted by molar-refractivity contribution is 0.571. The van der Waals surface area contributed by atoms with Crippen LogP contribution < -0.4 is 16.0 Å². The van der Waals surface area contributed by atoms with Gasteiger partial charge in [-0.15, -0.1) is 0 Å². The maximum Gasteiger partial charge on any atom is 0.188 e. The van der Waals surface area contributed by atoms with Gasteiger partial charge in [0.05, 0.1) is 0 Å². The number of nitrogens with zero attached hydrogens (tertiary/aromatic N) is 2. The summed E-state index contributed by atoms with van der Waals surface area (Å²) in [6.45, 7) is 3.13. The van der Waals surface area contributed by atoms with Crippen LogP contribution in [0.4, 0.5) is 5.69 Å². The Labute approximate surface area is 103 Å². The number of nitrogens with two attached hydrogens (primary N) is 1. The molecule has 0 aliphatic carbocycles. The third-order valence-electron chi connectivity index (χ3n) is 3.22. The molecule has 1 fully saturated rings. The molecule has 4 heteroatoms. The number of rotatable bonds is 3.